The number of hydrogen-bond donors (Lipinski definition) is 1. The van der Waals surface area contributed by atoms with Crippen LogP contribution in [0.1, 0.15) is 0 Å². The van der Waals surface area contributed by atoms with E-state index in [9.17, 15) is 13.2 Å². The summed E-state index contributed by atoms with van der Waals surface area (Å²) in [5.41, 5.74) is 6.49. The number of fused-ring (bicyclic) bond motifs is 1. The smallest absolute Gasteiger partial charge is 0.406 e. The number of benzene rings is 1. The van der Waals surface area contributed by atoms with Gasteiger partial charge >= 0.3 is 6.36 Å². The van der Waals surface area contributed by atoms with Crippen molar-refractivity contribution in [1.82, 2.24) is 4.98 Å². The number of hydrogen-bond acceptors (Lipinski definition) is 3. The van der Waals surface area contributed by atoms with Crippen LogP contribution in [0.4, 0.5) is 18.9 Å². The Balaban J connectivity index is 2.47. The van der Waals surface area contributed by atoms with Crippen molar-refractivity contribution in [2.75, 3.05) is 5.73 Å². The highest BCUT2D eigenvalue weighted by Gasteiger charge is 2.31. The minimum atomic E-state index is -4.70. The lowest BCUT2D eigenvalue weighted by Crippen LogP contribution is -2.17. The fraction of sp³-hybridized carbons (Fsp3) is 0.100. The van der Waals surface area contributed by atoms with E-state index in [4.69, 9.17) is 5.73 Å². The molecule has 16 heavy (non-hydrogen) atoms. The van der Waals surface area contributed by atoms with E-state index in [0.717, 1.165) is 0 Å². The molecule has 1 aromatic carbocycles. The van der Waals surface area contributed by atoms with Crippen molar-refractivity contribution >= 4 is 16.6 Å². The summed E-state index contributed by atoms with van der Waals surface area (Å²) in [6.45, 7) is 0. The highest BCUT2D eigenvalue weighted by molar-refractivity contribution is 5.90. The van der Waals surface area contributed by atoms with Gasteiger partial charge in [0.1, 0.15) is 5.75 Å². The van der Waals surface area contributed by atoms with Gasteiger partial charge in [0, 0.05) is 17.3 Å². The number of nitrogen functional groups attached to an aromatic ring is 1. The summed E-state index contributed by atoms with van der Waals surface area (Å²) >= 11 is 0. The molecule has 6 heteroatoms. The van der Waals surface area contributed by atoms with E-state index in [1.807, 2.05) is 0 Å². The average Bonchev–Trinajstić information content (AvgIpc) is 2.17. The van der Waals surface area contributed by atoms with Gasteiger partial charge in [-0.2, -0.15) is 0 Å². The van der Waals surface area contributed by atoms with E-state index in [2.05, 4.69) is 9.72 Å². The summed E-state index contributed by atoms with van der Waals surface area (Å²) in [5, 5.41) is 0.434. The third kappa shape index (κ3) is 2.16. The van der Waals surface area contributed by atoms with Crippen LogP contribution >= 0.6 is 0 Å². The van der Waals surface area contributed by atoms with Crippen LogP contribution in [0, 0.1) is 0 Å². The van der Waals surface area contributed by atoms with Crippen molar-refractivity contribution < 1.29 is 17.9 Å². The molecule has 84 valence electrons. The maximum Gasteiger partial charge on any atom is 0.573 e. The molecular formula is C10H7F3N2O. The summed E-state index contributed by atoms with van der Waals surface area (Å²) in [6.07, 6.45) is -3.22. The predicted octanol–water partition coefficient (Wildman–Crippen LogP) is 2.72. The Morgan fingerprint density at radius 2 is 1.94 bits per heavy atom. The normalized spacial score (nSPS) is 11.7. The van der Waals surface area contributed by atoms with Gasteiger partial charge in [-0.05, 0) is 24.3 Å². The number of halogens is 3. The van der Waals surface area contributed by atoms with Crippen LogP contribution in [0.25, 0.3) is 10.9 Å². The molecule has 0 aliphatic rings. The van der Waals surface area contributed by atoms with Crippen LogP contribution in [0.2, 0.25) is 0 Å². The molecule has 0 amide bonds. The molecule has 0 bridgehead atoms. The fourth-order valence-corrected chi connectivity index (χ4v) is 1.34. The van der Waals surface area contributed by atoms with Crippen LogP contribution in [0.5, 0.6) is 5.75 Å². The topological polar surface area (TPSA) is 48.1 Å². The van der Waals surface area contributed by atoms with Crippen LogP contribution in [-0.2, 0) is 0 Å². The first-order chi connectivity index (χ1) is 7.46. The molecule has 0 unspecified atom stereocenters. The van der Waals surface area contributed by atoms with Gasteiger partial charge in [0.2, 0.25) is 0 Å². The molecule has 1 heterocycles. The van der Waals surface area contributed by atoms with Gasteiger partial charge < -0.3 is 10.5 Å². The van der Waals surface area contributed by atoms with Crippen molar-refractivity contribution in [1.29, 1.82) is 0 Å². The van der Waals surface area contributed by atoms with Crippen molar-refractivity contribution in [3.8, 4) is 5.75 Å². The molecule has 2 N–H and O–H groups in total. The third-order valence-corrected chi connectivity index (χ3v) is 1.98. The van der Waals surface area contributed by atoms with Gasteiger partial charge in [0.05, 0.1) is 5.52 Å². The molecule has 2 aromatic rings. The van der Waals surface area contributed by atoms with Gasteiger partial charge in [0.15, 0.2) is 0 Å². The Morgan fingerprint density at radius 1 is 1.19 bits per heavy atom. The Hall–Kier alpha value is -1.98. The first kappa shape index (κ1) is 10.5. The third-order valence-electron chi connectivity index (χ3n) is 1.98. The first-order valence-corrected chi connectivity index (χ1v) is 4.36. The lowest BCUT2D eigenvalue weighted by Gasteiger charge is -2.09. The summed E-state index contributed by atoms with van der Waals surface area (Å²) in [4.78, 5) is 3.96. The number of pyridine rings is 1. The van der Waals surface area contributed by atoms with Crippen LogP contribution in [-0.4, -0.2) is 11.3 Å². The van der Waals surface area contributed by atoms with Gasteiger partial charge in [-0.15, -0.1) is 13.2 Å². The van der Waals surface area contributed by atoms with Gasteiger partial charge in [-0.3, -0.25) is 4.98 Å². The SMILES string of the molecule is Nc1ccnc2ccc(OC(F)(F)F)cc12. The number of aromatic nitrogens is 1. The maximum absolute atomic E-state index is 12.0. The average molecular weight is 228 g/mol. The van der Waals surface area contributed by atoms with Gasteiger partial charge in [-0.1, -0.05) is 0 Å². The van der Waals surface area contributed by atoms with Crippen LogP contribution in [0.15, 0.2) is 30.5 Å². The number of nitrogens with two attached hydrogens (primary N) is 1. The highest BCUT2D eigenvalue weighted by Crippen LogP contribution is 2.27. The van der Waals surface area contributed by atoms with Crippen molar-refractivity contribution in [2.45, 2.75) is 6.36 Å². The van der Waals surface area contributed by atoms with Crippen molar-refractivity contribution in [3.63, 3.8) is 0 Å². The van der Waals surface area contributed by atoms with Gasteiger partial charge in [0.25, 0.3) is 0 Å². The minimum Gasteiger partial charge on any atom is -0.406 e. The van der Waals surface area contributed by atoms with E-state index in [1.54, 1.807) is 0 Å². The Kier molecular flexibility index (Phi) is 2.34. The molecule has 2 rings (SSSR count). The number of nitrogens with zero attached hydrogens (tertiary/aromatic N) is 1. The number of ether oxygens (including phenoxy) is 1. The second-order valence-electron chi connectivity index (χ2n) is 3.13. The Morgan fingerprint density at radius 3 is 2.62 bits per heavy atom. The lowest BCUT2D eigenvalue weighted by atomic mass is 10.2. The summed E-state index contributed by atoms with van der Waals surface area (Å²) in [7, 11) is 0. The number of rotatable bonds is 1. The quantitative estimate of drug-likeness (QED) is 0.816. The summed E-state index contributed by atoms with van der Waals surface area (Å²) < 4.78 is 39.7. The molecule has 3 nitrogen and oxygen atoms in total. The standard InChI is InChI=1S/C10H7F3N2O/c11-10(12,13)16-6-1-2-9-7(5-6)8(14)3-4-15-9/h1-5H,(H2,14,15). The van der Waals surface area contributed by atoms with Crippen LogP contribution < -0.4 is 10.5 Å². The van der Waals surface area contributed by atoms with E-state index < -0.39 is 6.36 Å². The molecule has 1 aromatic heterocycles. The molecule has 0 spiro atoms. The molecule has 0 saturated heterocycles. The molecule has 0 atom stereocenters. The zero-order valence-corrected chi connectivity index (χ0v) is 7.95. The first-order valence-electron chi connectivity index (χ1n) is 4.36. The predicted molar refractivity (Wildman–Crippen MR) is 52.8 cm³/mol. The zero-order chi connectivity index (χ0) is 11.8. The minimum absolute atomic E-state index is 0.306. The van der Waals surface area contributed by atoms with Crippen molar-refractivity contribution in [3.05, 3.63) is 30.5 Å². The lowest BCUT2D eigenvalue weighted by molar-refractivity contribution is -0.274. The molecule has 0 fully saturated rings. The number of anilines is 1. The molecule has 0 aliphatic carbocycles. The second kappa shape index (κ2) is 3.55. The molecule has 0 radical (unpaired) electrons. The van der Waals surface area contributed by atoms with Crippen molar-refractivity contribution in [2.24, 2.45) is 0 Å². The monoisotopic (exact) mass is 228 g/mol. The van der Waals surface area contributed by atoms with E-state index in [0.29, 0.717) is 16.6 Å². The summed E-state index contributed by atoms with van der Waals surface area (Å²) in [5.74, 6) is -0.306. The van der Waals surface area contributed by atoms with E-state index >= 15 is 0 Å². The Bertz CT molecular complexity index is 525. The van der Waals surface area contributed by atoms with E-state index in [-0.39, 0.29) is 5.75 Å². The fourth-order valence-electron chi connectivity index (χ4n) is 1.34. The highest BCUT2D eigenvalue weighted by atomic mass is 19.4. The van der Waals surface area contributed by atoms with Gasteiger partial charge in [-0.25, -0.2) is 0 Å². The molecular weight excluding hydrogens is 221 g/mol. The summed E-state index contributed by atoms with van der Waals surface area (Å²) in [6, 6.07) is 5.35. The van der Waals surface area contributed by atoms with Crippen LogP contribution in [0.3, 0.4) is 0 Å². The largest absolute Gasteiger partial charge is 0.573 e. The Labute approximate surface area is 88.6 Å². The van der Waals surface area contributed by atoms with E-state index in [1.165, 1.54) is 30.5 Å². The molecule has 0 saturated carbocycles. The number of alkyl halides is 3. The molecule has 0 aliphatic heterocycles. The maximum atomic E-state index is 12.0. The second-order valence-corrected chi connectivity index (χ2v) is 3.13. The zero-order valence-electron chi connectivity index (χ0n) is 7.95.